The van der Waals surface area contributed by atoms with Gasteiger partial charge in [-0.15, -0.1) is 0 Å². The van der Waals surface area contributed by atoms with E-state index in [-0.39, 0.29) is 70.5 Å². The third-order valence-electron chi connectivity index (χ3n) is 9.41. The number of aliphatic hydroxyl groups is 1. The van der Waals surface area contributed by atoms with Crippen molar-refractivity contribution in [2.75, 3.05) is 138 Å². The van der Waals surface area contributed by atoms with Crippen LogP contribution in [-0.4, -0.2) is 209 Å². The number of rotatable bonds is 45. The molecule has 0 aromatic heterocycles. The van der Waals surface area contributed by atoms with Crippen molar-refractivity contribution in [1.82, 2.24) is 37.2 Å². The Hall–Kier alpha value is -5.38. The fourth-order valence-corrected chi connectivity index (χ4v) is 5.79. The van der Waals surface area contributed by atoms with Gasteiger partial charge in [0.05, 0.1) is 125 Å². The average Bonchev–Trinajstić information content (AvgIpc) is 3.36. The normalized spacial score (nSPS) is 12.2. The molecule has 1 aromatic rings. The van der Waals surface area contributed by atoms with Crippen LogP contribution in [0.25, 0.3) is 0 Å². The van der Waals surface area contributed by atoms with Gasteiger partial charge in [-0.1, -0.05) is 44.2 Å². The fraction of sp³-hybridized carbons (Fsp3) is 0.702. The van der Waals surface area contributed by atoms with E-state index in [1.807, 2.05) is 26.8 Å². The lowest BCUT2D eigenvalue weighted by Crippen LogP contribution is -2.54. The number of alkyl carbamates (subject to hydrolysis) is 1. The summed E-state index contributed by atoms with van der Waals surface area (Å²) < 4.78 is 48.6. The second-order valence-electron chi connectivity index (χ2n) is 16.0. The summed E-state index contributed by atoms with van der Waals surface area (Å²) in [5.74, 6) is -5.00. The third-order valence-corrected chi connectivity index (χ3v) is 9.41. The van der Waals surface area contributed by atoms with Crippen molar-refractivity contribution >= 4 is 47.3 Å². The van der Waals surface area contributed by atoms with Crippen LogP contribution < -0.4 is 37.2 Å². The Labute approximate surface area is 421 Å². The average molecular weight is 1030 g/mol. The number of benzene rings is 1. The van der Waals surface area contributed by atoms with E-state index in [1.165, 1.54) is 6.92 Å². The summed E-state index contributed by atoms with van der Waals surface area (Å²) >= 11 is 0. The molecule has 1 rings (SSSR count). The van der Waals surface area contributed by atoms with Gasteiger partial charge in [0.15, 0.2) is 0 Å². The zero-order valence-electron chi connectivity index (χ0n) is 42.3. The van der Waals surface area contributed by atoms with Gasteiger partial charge in [-0.2, -0.15) is 0 Å². The molecule has 0 saturated heterocycles. The van der Waals surface area contributed by atoms with Crippen LogP contribution in [0.1, 0.15) is 52.5 Å². The molecule has 0 aliphatic rings. The highest BCUT2D eigenvalue weighted by atomic mass is 16.6. The molecule has 0 aliphatic heterocycles. The number of amides is 7. The fourth-order valence-electron chi connectivity index (χ4n) is 5.79. The van der Waals surface area contributed by atoms with Gasteiger partial charge >= 0.3 is 6.09 Å². The second kappa shape index (κ2) is 43.2. The van der Waals surface area contributed by atoms with E-state index in [0.717, 1.165) is 5.56 Å². The molecule has 8 N–H and O–H groups in total. The summed E-state index contributed by atoms with van der Waals surface area (Å²) in [5.41, 5.74) is 0.738. The van der Waals surface area contributed by atoms with Crippen LogP contribution in [0.2, 0.25) is 0 Å². The summed E-state index contributed by atoms with van der Waals surface area (Å²) in [4.78, 5) is 101. The predicted octanol–water partition coefficient (Wildman–Crippen LogP) is -1.72. The maximum atomic E-state index is 13.3. The van der Waals surface area contributed by atoms with Gasteiger partial charge in [0.25, 0.3) is 0 Å². The quantitative estimate of drug-likeness (QED) is 0.0337. The Morgan fingerprint density at radius 3 is 1.40 bits per heavy atom. The summed E-state index contributed by atoms with van der Waals surface area (Å²) in [5, 5.41) is 26.5. The monoisotopic (exact) mass is 1030 g/mol. The zero-order chi connectivity index (χ0) is 53.0. The van der Waals surface area contributed by atoms with E-state index in [9.17, 15) is 43.5 Å². The van der Waals surface area contributed by atoms with E-state index in [2.05, 4.69) is 37.2 Å². The number of Topliss-reactive ketones (excluding diaryl/α,β-unsaturated/α-hetero) is 1. The highest BCUT2D eigenvalue weighted by molar-refractivity contribution is 5.95. The number of nitrogens with one attached hydrogen (secondary N) is 7. The molecule has 0 heterocycles. The lowest BCUT2D eigenvalue weighted by molar-refractivity contribution is -0.133. The van der Waals surface area contributed by atoms with Gasteiger partial charge in [0.2, 0.25) is 35.4 Å². The van der Waals surface area contributed by atoms with Crippen LogP contribution in [0.4, 0.5) is 4.79 Å². The largest absolute Gasteiger partial charge is 0.445 e. The van der Waals surface area contributed by atoms with Gasteiger partial charge in [-0.05, 0) is 38.2 Å². The van der Waals surface area contributed by atoms with Crippen LogP contribution in [0, 0.1) is 5.92 Å². The first-order valence-electron chi connectivity index (χ1n) is 24.1. The van der Waals surface area contributed by atoms with E-state index in [0.29, 0.717) is 85.9 Å². The van der Waals surface area contributed by atoms with Gasteiger partial charge < -0.3 is 85.0 Å². The van der Waals surface area contributed by atoms with Crippen molar-refractivity contribution in [3.63, 3.8) is 0 Å². The maximum Gasteiger partial charge on any atom is 0.408 e. The van der Waals surface area contributed by atoms with Crippen molar-refractivity contribution in [3.8, 4) is 0 Å². The van der Waals surface area contributed by atoms with Crippen LogP contribution in [0.3, 0.4) is 0 Å². The van der Waals surface area contributed by atoms with Crippen LogP contribution in [0.5, 0.6) is 0 Å². The van der Waals surface area contributed by atoms with Gasteiger partial charge in [-0.3, -0.25) is 33.6 Å². The Bertz CT molecular complexity index is 1680. The van der Waals surface area contributed by atoms with E-state index >= 15 is 0 Å². The van der Waals surface area contributed by atoms with Gasteiger partial charge in [-0.25, -0.2) is 4.79 Å². The van der Waals surface area contributed by atoms with Crippen molar-refractivity contribution in [2.45, 2.75) is 71.7 Å². The molecule has 0 unspecified atom stereocenters. The van der Waals surface area contributed by atoms with E-state index in [4.69, 9.17) is 42.6 Å². The first-order valence-corrected chi connectivity index (χ1v) is 24.1. The molecule has 0 saturated carbocycles. The number of aliphatic hydroxyl groups excluding tert-OH is 1. The van der Waals surface area contributed by atoms with E-state index < -0.39 is 79.4 Å². The minimum absolute atomic E-state index is 0.0314. The smallest absolute Gasteiger partial charge is 0.408 e. The molecule has 1 aromatic carbocycles. The summed E-state index contributed by atoms with van der Waals surface area (Å²) in [6.07, 6.45) is -1.13. The number of hydrogen-bond acceptors (Lipinski definition) is 18. The summed E-state index contributed by atoms with van der Waals surface area (Å²) in [6, 6.07) is 5.05. The molecular weight excluding hydrogens is 951 g/mol. The Morgan fingerprint density at radius 1 is 0.514 bits per heavy atom. The number of carbonyl (C=O) groups is 8. The molecule has 0 aliphatic carbocycles. The summed E-state index contributed by atoms with van der Waals surface area (Å²) in [7, 11) is 0. The molecule has 25 nitrogen and oxygen atoms in total. The van der Waals surface area contributed by atoms with E-state index in [1.54, 1.807) is 24.3 Å². The number of ketones is 1. The lowest BCUT2D eigenvalue weighted by atomic mass is 10.0. The van der Waals surface area contributed by atoms with Crippen molar-refractivity contribution in [3.05, 3.63) is 35.9 Å². The minimum Gasteiger partial charge on any atom is -0.445 e. The van der Waals surface area contributed by atoms with Crippen molar-refractivity contribution in [1.29, 1.82) is 0 Å². The van der Waals surface area contributed by atoms with Crippen LogP contribution in [0.15, 0.2) is 30.3 Å². The molecule has 3 atom stereocenters. The highest BCUT2D eigenvalue weighted by Gasteiger charge is 2.27. The number of ether oxygens (including phenoxy) is 9. The molecule has 25 heteroatoms. The lowest BCUT2D eigenvalue weighted by Gasteiger charge is -2.21. The molecule has 410 valence electrons. The Balaban J connectivity index is 2.48. The van der Waals surface area contributed by atoms with Crippen molar-refractivity contribution < 1.29 is 86.1 Å². The first-order chi connectivity index (χ1) is 34.7. The maximum absolute atomic E-state index is 13.3. The molecule has 7 amide bonds. The molecule has 0 spiro atoms. The molecular formula is C47H79N7O18. The van der Waals surface area contributed by atoms with Crippen molar-refractivity contribution in [2.24, 2.45) is 5.92 Å². The standard InChI is InChI=1S/C47H79N7O18/c1-5-64-15-16-66-19-20-68-23-24-70-27-28-71-26-25-69-22-21-67-18-17-65-14-13-48-41(57)12-11-38(44(60)50-32-43(59)53-40(33-55)46(62)49-30-36(4)56)52-42(58)31-51-45(61)39(29-35(2)3)54-47(63)72-34-37-9-7-6-8-10-37/h6-10,35,38-40,55H,5,11-34H2,1-4H3,(H,48,57)(H,49,62)(H,50,60)(H,51,61)(H,52,58)(H,53,59)(H,54,63)/t38-,39-,40-/m0/s1. The SMILES string of the molecule is CCOCCOCCOCCOCCOCCOCCOCCOCCNC(=O)CC[C@H](NC(=O)CNC(=O)[C@H](CC(C)C)NC(=O)OCc1ccccc1)C(=O)NCC(=O)N[C@@H](CO)C(=O)NCC(C)=O. The number of hydrogen-bond donors (Lipinski definition) is 8. The third kappa shape index (κ3) is 36.5. The zero-order valence-corrected chi connectivity index (χ0v) is 42.3. The van der Waals surface area contributed by atoms with Crippen LogP contribution >= 0.6 is 0 Å². The number of carbonyl (C=O) groups excluding carboxylic acids is 8. The second-order valence-corrected chi connectivity index (χ2v) is 16.0. The Morgan fingerprint density at radius 2 is 0.944 bits per heavy atom. The first kappa shape index (κ1) is 64.6. The molecule has 72 heavy (non-hydrogen) atoms. The molecule has 0 radical (unpaired) electrons. The van der Waals surface area contributed by atoms with Gasteiger partial charge in [0.1, 0.15) is 30.5 Å². The van der Waals surface area contributed by atoms with Gasteiger partial charge in [0, 0.05) is 19.6 Å². The minimum atomic E-state index is -1.42. The predicted molar refractivity (Wildman–Crippen MR) is 258 cm³/mol. The molecule has 0 fully saturated rings. The Kier molecular flexibility index (Phi) is 38.8. The van der Waals surface area contributed by atoms with Crippen LogP contribution in [-0.2, 0) is 82.8 Å². The molecule has 0 bridgehead atoms. The highest BCUT2D eigenvalue weighted by Crippen LogP contribution is 2.07. The summed E-state index contributed by atoms with van der Waals surface area (Å²) in [6.45, 7) is 11.3. The topological polar surface area (TPSA) is 324 Å².